The Hall–Kier alpha value is -2.89. The van der Waals surface area contributed by atoms with E-state index in [1.165, 1.54) is 19.4 Å². The summed E-state index contributed by atoms with van der Waals surface area (Å²) in [5, 5.41) is 3.74. The van der Waals surface area contributed by atoms with E-state index in [0.717, 1.165) is 0 Å². The Balaban J connectivity index is 2.05. The van der Waals surface area contributed by atoms with Gasteiger partial charge in [0.15, 0.2) is 0 Å². The van der Waals surface area contributed by atoms with Crippen LogP contribution in [0, 0.1) is 5.82 Å². The quantitative estimate of drug-likeness (QED) is 0.682. The molecule has 22 heavy (non-hydrogen) atoms. The Kier molecular flexibility index (Phi) is 5.48. The van der Waals surface area contributed by atoms with E-state index in [1.54, 1.807) is 42.5 Å². The third-order valence-corrected chi connectivity index (χ3v) is 2.80. The number of ether oxygens (including phenoxy) is 2. The van der Waals surface area contributed by atoms with Crippen molar-refractivity contribution in [1.82, 2.24) is 5.43 Å². The van der Waals surface area contributed by atoms with Gasteiger partial charge in [0, 0.05) is 11.1 Å². The highest BCUT2D eigenvalue weighted by Crippen LogP contribution is 2.18. The molecule has 6 heteroatoms. The van der Waals surface area contributed by atoms with E-state index in [0.29, 0.717) is 16.9 Å². The first-order valence-electron chi connectivity index (χ1n) is 6.53. The number of rotatable bonds is 5. The molecule has 0 aliphatic carbocycles. The maximum atomic E-state index is 13.6. The molecule has 0 bridgehead atoms. The Bertz CT molecular complexity index is 674. The van der Waals surface area contributed by atoms with Gasteiger partial charge in [-0.15, -0.1) is 0 Å². The zero-order chi connectivity index (χ0) is 15.8. The van der Waals surface area contributed by atoms with E-state index in [1.807, 2.05) is 0 Å². The summed E-state index contributed by atoms with van der Waals surface area (Å²) in [4.78, 5) is 10.9. The average molecular weight is 302 g/mol. The van der Waals surface area contributed by atoms with Crippen molar-refractivity contribution >= 4 is 12.3 Å². The topological polar surface area (TPSA) is 59.9 Å². The van der Waals surface area contributed by atoms with Crippen LogP contribution < -0.4 is 10.2 Å². The lowest BCUT2D eigenvalue weighted by atomic mass is 10.2. The van der Waals surface area contributed by atoms with Gasteiger partial charge in [-0.25, -0.2) is 14.6 Å². The molecule has 0 aromatic heterocycles. The van der Waals surface area contributed by atoms with Crippen molar-refractivity contribution in [3.05, 3.63) is 65.5 Å². The van der Waals surface area contributed by atoms with E-state index in [-0.39, 0.29) is 12.4 Å². The Morgan fingerprint density at radius 3 is 2.73 bits per heavy atom. The van der Waals surface area contributed by atoms with E-state index in [9.17, 15) is 9.18 Å². The molecular formula is C16H15FN2O3. The van der Waals surface area contributed by atoms with E-state index in [4.69, 9.17) is 4.74 Å². The summed E-state index contributed by atoms with van der Waals surface area (Å²) in [6.07, 6.45) is 0.758. The zero-order valence-electron chi connectivity index (χ0n) is 12.0. The van der Waals surface area contributed by atoms with Crippen LogP contribution in [-0.2, 0) is 11.3 Å². The molecule has 1 amide bonds. The van der Waals surface area contributed by atoms with Crippen molar-refractivity contribution in [3.63, 3.8) is 0 Å². The third-order valence-electron chi connectivity index (χ3n) is 2.80. The molecule has 0 aliphatic heterocycles. The number of carbonyl (C=O) groups excluding carboxylic acids is 1. The van der Waals surface area contributed by atoms with Crippen molar-refractivity contribution in [2.24, 2.45) is 5.10 Å². The van der Waals surface area contributed by atoms with Crippen LogP contribution >= 0.6 is 0 Å². The van der Waals surface area contributed by atoms with Crippen LogP contribution in [-0.4, -0.2) is 19.4 Å². The molecule has 0 unspecified atom stereocenters. The highest BCUT2D eigenvalue weighted by molar-refractivity contribution is 5.84. The number of nitrogens with zero attached hydrogens (tertiary/aromatic N) is 1. The third kappa shape index (κ3) is 4.31. The molecule has 2 aromatic carbocycles. The first kappa shape index (κ1) is 15.5. The highest BCUT2D eigenvalue weighted by Gasteiger charge is 2.04. The molecule has 0 atom stereocenters. The number of amides is 1. The maximum absolute atomic E-state index is 13.6. The van der Waals surface area contributed by atoms with E-state index in [2.05, 4.69) is 15.3 Å². The molecule has 0 aliphatic rings. The lowest BCUT2D eigenvalue weighted by molar-refractivity contribution is 0.171. The summed E-state index contributed by atoms with van der Waals surface area (Å²) in [7, 11) is 1.25. The van der Waals surface area contributed by atoms with Crippen molar-refractivity contribution < 1.29 is 18.7 Å². The number of nitrogens with one attached hydrogen (secondary N) is 1. The number of hydrogen-bond acceptors (Lipinski definition) is 4. The van der Waals surface area contributed by atoms with Crippen LogP contribution in [0.4, 0.5) is 9.18 Å². The number of benzene rings is 2. The van der Waals surface area contributed by atoms with Crippen LogP contribution in [0.3, 0.4) is 0 Å². The van der Waals surface area contributed by atoms with Gasteiger partial charge in [-0.1, -0.05) is 30.3 Å². The van der Waals surface area contributed by atoms with E-state index < -0.39 is 6.09 Å². The van der Waals surface area contributed by atoms with Crippen LogP contribution in [0.1, 0.15) is 11.1 Å². The lowest BCUT2D eigenvalue weighted by Gasteiger charge is -2.09. The van der Waals surface area contributed by atoms with Gasteiger partial charge in [-0.3, -0.25) is 0 Å². The van der Waals surface area contributed by atoms with Crippen LogP contribution in [0.25, 0.3) is 0 Å². The molecule has 0 saturated heterocycles. The van der Waals surface area contributed by atoms with Crippen molar-refractivity contribution in [1.29, 1.82) is 0 Å². The predicted octanol–water partition coefficient (Wildman–Crippen LogP) is 3.09. The Labute approximate surface area is 127 Å². The van der Waals surface area contributed by atoms with Gasteiger partial charge in [0.1, 0.15) is 18.2 Å². The number of halogens is 1. The minimum absolute atomic E-state index is 0.0992. The second-order valence-electron chi connectivity index (χ2n) is 4.28. The van der Waals surface area contributed by atoms with Gasteiger partial charge in [0.25, 0.3) is 0 Å². The van der Waals surface area contributed by atoms with Gasteiger partial charge in [0.2, 0.25) is 0 Å². The summed E-state index contributed by atoms with van der Waals surface area (Å²) in [5.41, 5.74) is 3.29. The van der Waals surface area contributed by atoms with Gasteiger partial charge in [-0.05, 0) is 18.2 Å². The molecule has 5 nitrogen and oxygen atoms in total. The first-order chi connectivity index (χ1) is 10.7. The minimum Gasteiger partial charge on any atom is -0.488 e. The molecule has 1 N–H and O–H groups in total. The Morgan fingerprint density at radius 1 is 1.23 bits per heavy atom. The van der Waals surface area contributed by atoms with Gasteiger partial charge in [0.05, 0.1) is 13.3 Å². The Morgan fingerprint density at radius 2 is 1.95 bits per heavy atom. The smallest absolute Gasteiger partial charge is 0.427 e. The zero-order valence-corrected chi connectivity index (χ0v) is 12.0. The SMILES string of the molecule is COC(=O)NN=Cc1ccccc1OCc1ccccc1F. The second-order valence-corrected chi connectivity index (χ2v) is 4.28. The fourth-order valence-electron chi connectivity index (χ4n) is 1.69. The van der Waals surface area contributed by atoms with Gasteiger partial charge < -0.3 is 9.47 Å². The lowest BCUT2D eigenvalue weighted by Crippen LogP contribution is -2.16. The van der Waals surface area contributed by atoms with E-state index >= 15 is 0 Å². The van der Waals surface area contributed by atoms with Crippen molar-refractivity contribution in [2.75, 3.05) is 7.11 Å². The molecule has 114 valence electrons. The maximum Gasteiger partial charge on any atom is 0.427 e. The monoisotopic (exact) mass is 302 g/mol. The molecule has 0 radical (unpaired) electrons. The molecule has 0 fully saturated rings. The summed E-state index contributed by atoms with van der Waals surface area (Å²) < 4.78 is 23.6. The van der Waals surface area contributed by atoms with Crippen LogP contribution in [0.5, 0.6) is 5.75 Å². The summed E-state index contributed by atoms with van der Waals surface area (Å²) in [6.45, 7) is 0.0992. The van der Waals surface area contributed by atoms with Crippen molar-refractivity contribution in [2.45, 2.75) is 6.61 Å². The molecular weight excluding hydrogens is 287 g/mol. The molecule has 0 spiro atoms. The fraction of sp³-hybridized carbons (Fsp3) is 0.125. The molecule has 0 saturated carbocycles. The van der Waals surface area contributed by atoms with Gasteiger partial charge in [-0.2, -0.15) is 5.10 Å². The number of methoxy groups -OCH3 is 1. The number of hydrazone groups is 1. The first-order valence-corrected chi connectivity index (χ1v) is 6.53. The second kappa shape index (κ2) is 7.78. The molecule has 0 heterocycles. The predicted molar refractivity (Wildman–Crippen MR) is 80.3 cm³/mol. The average Bonchev–Trinajstić information content (AvgIpc) is 2.55. The fourth-order valence-corrected chi connectivity index (χ4v) is 1.69. The summed E-state index contributed by atoms with van der Waals surface area (Å²) in [6, 6.07) is 13.5. The minimum atomic E-state index is -0.666. The molecule has 2 aromatic rings. The van der Waals surface area contributed by atoms with Crippen molar-refractivity contribution in [3.8, 4) is 5.75 Å². The number of carbonyl (C=O) groups is 1. The van der Waals surface area contributed by atoms with Crippen LogP contribution in [0.15, 0.2) is 53.6 Å². The largest absolute Gasteiger partial charge is 0.488 e. The normalized spacial score (nSPS) is 10.5. The summed E-state index contributed by atoms with van der Waals surface area (Å²) in [5.74, 6) is 0.210. The van der Waals surface area contributed by atoms with Gasteiger partial charge >= 0.3 is 6.09 Å². The number of para-hydroxylation sites is 1. The highest BCUT2D eigenvalue weighted by atomic mass is 19.1. The number of hydrogen-bond donors (Lipinski definition) is 1. The summed E-state index contributed by atoms with van der Waals surface area (Å²) >= 11 is 0. The standard InChI is InChI=1S/C16H15FN2O3/c1-21-16(20)19-18-10-12-6-3-5-9-15(12)22-11-13-7-2-4-8-14(13)17/h2-10H,11H2,1H3,(H,19,20). The molecule has 2 rings (SSSR count). The van der Waals surface area contributed by atoms with Crippen LogP contribution in [0.2, 0.25) is 0 Å².